The van der Waals surface area contributed by atoms with Crippen LogP contribution in [0, 0.1) is 0 Å². The predicted octanol–water partition coefficient (Wildman–Crippen LogP) is 4.40. The molecule has 0 bridgehead atoms. The van der Waals surface area contributed by atoms with Crippen LogP contribution in [0.4, 0.5) is 4.79 Å². The summed E-state index contributed by atoms with van der Waals surface area (Å²) in [5.41, 5.74) is 2.51. The fourth-order valence-electron chi connectivity index (χ4n) is 3.08. The van der Waals surface area contributed by atoms with E-state index in [9.17, 15) is 4.79 Å². The molecule has 0 atom stereocenters. The third-order valence-corrected chi connectivity index (χ3v) is 4.75. The molecule has 0 unspecified atom stereocenters. The van der Waals surface area contributed by atoms with Gasteiger partial charge in [-0.25, -0.2) is 4.79 Å². The zero-order chi connectivity index (χ0) is 18.5. The second kappa shape index (κ2) is 8.23. The summed E-state index contributed by atoms with van der Waals surface area (Å²) in [7, 11) is 0. The smallest absolute Gasteiger partial charge is 0.407 e. The lowest BCUT2D eigenvalue weighted by Gasteiger charge is -2.33. The zero-order valence-electron chi connectivity index (χ0n) is 15.4. The van der Waals surface area contributed by atoms with Gasteiger partial charge >= 0.3 is 6.09 Å². The van der Waals surface area contributed by atoms with Gasteiger partial charge in [0.05, 0.1) is 0 Å². The number of piperazine rings is 1. The topological polar surface area (TPSA) is 53.0 Å². The number of hydrogen-bond acceptors (Lipinski definition) is 3. The molecule has 1 saturated heterocycles. The second-order valence-corrected chi connectivity index (χ2v) is 7.02. The molecule has 5 nitrogen and oxygen atoms in total. The van der Waals surface area contributed by atoms with Crippen LogP contribution in [0.3, 0.4) is 0 Å². The summed E-state index contributed by atoms with van der Waals surface area (Å²) >= 11 is 0. The molecule has 26 heavy (non-hydrogen) atoms. The van der Waals surface area contributed by atoms with E-state index in [2.05, 4.69) is 43.0 Å². The van der Waals surface area contributed by atoms with E-state index in [1.807, 2.05) is 24.3 Å². The minimum atomic E-state index is -0.826. The lowest BCUT2D eigenvalue weighted by Crippen LogP contribution is -2.47. The molecule has 3 rings (SSSR count). The van der Waals surface area contributed by atoms with Crippen molar-refractivity contribution in [3.05, 3.63) is 59.7 Å². The number of hydrogen-bond donors (Lipinski definition) is 1. The number of rotatable bonds is 5. The fraction of sp³-hybridized carbons (Fsp3) is 0.381. The summed E-state index contributed by atoms with van der Waals surface area (Å²) in [5, 5.41) is 9.00. The van der Waals surface area contributed by atoms with Crippen molar-refractivity contribution in [1.29, 1.82) is 0 Å². The molecule has 1 aliphatic heterocycles. The number of benzene rings is 2. The Labute approximate surface area is 154 Å². The number of nitrogens with zero attached hydrogens (tertiary/aromatic N) is 2. The largest absolute Gasteiger partial charge is 0.465 e. The molecule has 2 aromatic carbocycles. The van der Waals surface area contributed by atoms with E-state index in [1.54, 1.807) is 0 Å². The highest BCUT2D eigenvalue weighted by molar-refractivity contribution is 5.65. The van der Waals surface area contributed by atoms with Crippen molar-refractivity contribution in [2.24, 2.45) is 0 Å². The minimum absolute atomic E-state index is 0.515. The van der Waals surface area contributed by atoms with Crippen molar-refractivity contribution in [3.8, 4) is 11.5 Å². The van der Waals surface area contributed by atoms with Crippen molar-refractivity contribution in [2.45, 2.75) is 26.3 Å². The van der Waals surface area contributed by atoms with Gasteiger partial charge in [-0.15, -0.1) is 0 Å². The van der Waals surface area contributed by atoms with Crippen LogP contribution in [0.2, 0.25) is 0 Å². The van der Waals surface area contributed by atoms with Crippen LogP contribution in [-0.4, -0.2) is 47.2 Å². The Balaban J connectivity index is 1.53. The van der Waals surface area contributed by atoms with Crippen molar-refractivity contribution in [2.75, 3.05) is 26.2 Å². The minimum Gasteiger partial charge on any atom is -0.465 e. The molecular formula is C21H26N2O3. The van der Waals surface area contributed by atoms with E-state index in [1.165, 1.54) is 16.0 Å². The van der Waals surface area contributed by atoms with Gasteiger partial charge in [-0.1, -0.05) is 38.1 Å². The summed E-state index contributed by atoms with van der Waals surface area (Å²) in [6.45, 7) is 7.87. The number of carbonyl (C=O) groups is 1. The van der Waals surface area contributed by atoms with Crippen LogP contribution in [0.15, 0.2) is 48.5 Å². The van der Waals surface area contributed by atoms with Gasteiger partial charge in [0.1, 0.15) is 11.5 Å². The van der Waals surface area contributed by atoms with Crippen molar-refractivity contribution in [1.82, 2.24) is 9.80 Å². The summed E-state index contributed by atoms with van der Waals surface area (Å²) in [4.78, 5) is 14.7. The molecule has 1 N–H and O–H groups in total. The number of amides is 1. The molecule has 0 spiro atoms. The predicted molar refractivity (Wildman–Crippen MR) is 102 cm³/mol. The molecule has 1 heterocycles. The van der Waals surface area contributed by atoms with E-state index < -0.39 is 6.09 Å². The van der Waals surface area contributed by atoms with Gasteiger partial charge in [-0.05, 0) is 41.3 Å². The monoisotopic (exact) mass is 354 g/mol. The Morgan fingerprint density at radius 3 is 2.00 bits per heavy atom. The van der Waals surface area contributed by atoms with E-state index in [4.69, 9.17) is 9.84 Å². The molecule has 5 heteroatoms. The van der Waals surface area contributed by atoms with Gasteiger partial charge < -0.3 is 14.7 Å². The third-order valence-electron chi connectivity index (χ3n) is 4.75. The van der Waals surface area contributed by atoms with Crippen LogP contribution in [0.1, 0.15) is 30.9 Å². The Morgan fingerprint density at radius 1 is 0.962 bits per heavy atom. The Bertz CT molecular complexity index is 718. The van der Waals surface area contributed by atoms with E-state index in [-0.39, 0.29) is 0 Å². The molecule has 0 radical (unpaired) electrons. The first-order valence-electron chi connectivity index (χ1n) is 9.08. The number of carboxylic acid groups (broad SMARTS) is 1. The summed E-state index contributed by atoms with van der Waals surface area (Å²) in [6, 6.07) is 16.3. The molecule has 1 aliphatic rings. The van der Waals surface area contributed by atoms with Gasteiger partial charge in [0, 0.05) is 32.7 Å². The van der Waals surface area contributed by atoms with Gasteiger partial charge in [-0.2, -0.15) is 0 Å². The SMILES string of the molecule is CC(C)c1ccc(Oc2ccc(CN3CCN(C(=O)O)CC3)cc2)cc1. The van der Waals surface area contributed by atoms with Crippen LogP contribution in [-0.2, 0) is 6.54 Å². The molecule has 138 valence electrons. The Hall–Kier alpha value is -2.53. The maximum Gasteiger partial charge on any atom is 0.407 e. The Kier molecular flexibility index (Phi) is 5.78. The highest BCUT2D eigenvalue weighted by atomic mass is 16.5. The van der Waals surface area contributed by atoms with E-state index in [0.29, 0.717) is 19.0 Å². The maximum absolute atomic E-state index is 11.0. The summed E-state index contributed by atoms with van der Waals surface area (Å²) in [6.07, 6.45) is -0.826. The van der Waals surface area contributed by atoms with Crippen molar-refractivity contribution >= 4 is 6.09 Å². The molecule has 0 aliphatic carbocycles. The Morgan fingerprint density at radius 2 is 1.50 bits per heavy atom. The zero-order valence-corrected chi connectivity index (χ0v) is 15.4. The quantitative estimate of drug-likeness (QED) is 0.865. The van der Waals surface area contributed by atoms with Crippen LogP contribution in [0.25, 0.3) is 0 Å². The first kappa shape index (κ1) is 18.3. The molecule has 1 amide bonds. The normalized spacial score (nSPS) is 15.3. The van der Waals surface area contributed by atoms with Crippen LogP contribution >= 0.6 is 0 Å². The van der Waals surface area contributed by atoms with E-state index in [0.717, 1.165) is 31.1 Å². The first-order valence-corrected chi connectivity index (χ1v) is 9.08. The number of ether oxygens (including phenoxy) is 1. The van der Waals surface area contributed by atoms with E-state index >= 15 is 0 Å². The second-order valence-electron chi connectivity index (χ2n) is 7.02. The van der Waals surface area contributed by atoms with Gasteiger partial charge in [-0.3, -0.25) is 4.90 Å². The molecule has 2 aromatic rings. The van der Waals surface area contributed by atoms with Gasteiger partial charge in [0.15, 0.2) is 0 Å². The van der Waals surface area contributed by atoms with Crippen LogP contribution in [0.5, 0.6) is 11.5 Å². The molecule has 0 aromatic heterocycles. The standard InChI is InChI=1S/C21H26N2O3/c1-16(2)18-5-9-20(10-6-18)26-19-7-3-17(4-8-19)15-22-11-13-23(14-12-22)21(24)25/h3-10,16H,11-15H2,1-2H3,(H,24,25). The average molecular weight is 354 g/mol. The van der Waals surface area contributed by atoms with Gasteiger partial charge in [0.25, 0.3) is 0 Å². The summed E-state index contributed by atoms with van der Waals surface area (Å²) in [5.74, 6) is 2.18. The molecular weight excluding hydrogens is 328 g/mol. The van der Waals surface area contributed by atoms with Crippen LogP contribution < -0.4 is 4.74 Å². The third kappa shape index (κ3) is 4.76. The lowest BCUT2D eigenvalue weighted by molar-refractivity contribution is 0.103. The van der Waals surface area contributed by atoms with Crippen molar-refractivity contribution in [3.63, 3.8) is 0 Å². The fourth-order valence-corrected chi connectivity index (χ4v) is 3.08. The first-order chi connectivity index (χ1) is 12.5. The highest BCUT2D eigenvalue weighted by Crippen LogP contribution is 2.24. The van der Waals surface area contributed by atoms with Gasteiger partial charge in [0.2, 0.25) is 0 Å². The summed E-state index contributed by atoms with van der Waals surface area (Å²) < 4.78 is 5.91. The van der Waals surface area contributed by atoms with Crippen molar-refractivity contribution < 1.29 is 14.6 Å². The lowest BCUT2D eigenvalue weighted by atomic mass is 10.0. The maximum atomic E-state index is 11.0. The molecule has 0 saturated carbocycles. The average Bonchev–Trinajstić information content (AvgIpc) is 2.64. The molecule has 1 fully saturated rings. The highest BCUT2D eigenvalue weighted by Gasteiger charge is 2.20.